The second-order valence-corrected chi connectivity index (χ2v) is 5.50. The van der Waals surface area contributed by atoms with E-state index in [9.17, 15) is 4.79 Å². The molecule has 1 unspecified atom stereocenters. The van der Waals surface area contributed by atoms with Crippen molar-refractivity contribution in [3.63, 3.8) is 0 Å². The zero-order valence-electron chi connectivity index (χ0n) is 10.5. The van der Waals surface area contributed by atoms with E-state index in [1.807, 2.05) is 6.92 Å². The Labute approximate surface area is 93.8 Å². The summed E-state index contributed by atoms with van der Waals surface area (Å²) in [6.07, 6.45) is 4.86. The van der Waals surface area contributed by atoms with Crippen LogP contribution in [-0.2, 0) is 4.79 Å². The quantitative estimate of drug-likeness (QED) is 0.764. The molecule has 1 saturated carbocycles. The minimum atomic E-state index is 0.143. The van der Waals surface area contributed by atoms with Gasteiger partial charge in [-0.05, 0) is 37.5 Å². The van der Waals surface area contributed by atoms with Crippen molar-refractivity contribution in [2.24, 2.45) is 17.8 Å². The highest BCUT2D eigenvalue weighted by molar-refractivity contribution is 5.78. The van der Waals surface area contributed by atoms with E-state index in [0.29, 0.717) is 12.0 Å². The molecule has 2 heteroatoms. The lowest BCUT2D eigenvalue weighted by atomic mass is 9.87. The number of hydrogen-bond donors (Lipinski definition) is 1. The number of carbonyl (C=O) groups excluding carboxylic acids is 1. The van der Waals surface area contributed by atoms with Crippen LogP contribution in [-0.4, -0.2) is 11.9 Å². The molecule has 0 aromatic rings. The van der Waals surface area contributed by atoms with Crippen molar-refractivity contribution < 1.29 is 4.79 Å². The predicted octanol–water partition coefficient (Wildman–Crippen LogP) is 2.97. The van der Waals surface area contributed by atoms with Gasteiger partial charge in [0.05, 0.1) is 0 Å². The summed E-state index contributed by atoms with van der Waals surface area (Å²) >= 11 is 0. The van der Waals surface area contributed by atoms with E-state index >= 15 is 0 Å². The average molecular weight is 211 g/mol. The molecule has 88 valence electrons. The van der Waals surface area contributed by atoms with Crippen molar-refractivity contribution in [3.8, 4) is 0 Å². The maximum atomic E-state index is 11.8. The Balaban J connectivity index is 2.32. The van der Waals surface area contributed by atoms with Crippen LogP contribution in [0.25, 0.3) is 0 Å². The first-order valence-corrected chi connectivity index (χ1v) is 6.31. The molecular weight excluding hydrogens is 186 g/mol. The maximum Gasteiger partial charge on any atom is 0.223 e. The molecule has 0 bridgehead atoms. The number of amides is 1. The molecule has 0 aromatic carbocycles. The highest BCUT2D eigenvalue weighted by Gasteiger charge is 2.23. The lowest BCUT2D eigenvalue weighted by Gasteiger charge is -2.28. The molecule has 1 fully saturated rings. The lowest BCUT2D eigenvalue weighted by Crippen LogP contribution is -2.41. The van der Waals surface area contributed by atoms with Gasteiger partial charge in [-0.1, -0.05) is 27.7 Å². The number of rotatable bonds is 3. The van der Waals surface area contributed by atoms with Gasteiger partial charge in [0.25, 0.3) is 0 Å². The van der Waals surface area contributed by atoms with E-state index in [4.69, 9.17) is 0 Å². The van der Waals surface area contributed by atoms with Crippen molar-refractivity contribution in [3.05, 3.63) is 0 Å². The van der Waals surface area contributed by atoms with E-state index < -0.39 is 0 Å². The largest absolute Gasteiger partial charge is 0.353 e. The third kappa shape index (κ3) is 3.84. The van der Waals surface area contributed by atoms with Gasteiger partial charge in [-0.15, -0.1) is 0 Å². The summed E-state index contributed by atoms with van der Waals surface area (Å²) in [6, 6.07) is 0.440. The number of carbonyl (C=O) groups is 1. The Morgan fingerprint density at radius 2 is 1.67 bits per heavy atom. The van der Waals surface area contributed by atoms with Crippen LogP contribution in [0.2, 0.25) is 0 Å². The van der Waals surface area contributed by atoms with Crippen LogP contribution in [0.3, 0.4) is 0 Å². The van der Waals surface area contributed by atoms with E-state index in [0.717, 1.165) is 18.8 Å². The molecule has 0 aromatic heterocycles. The minimum Gasteiger partial charge on any atom is -0.353 e. The van der Waals surface area contributed by atoms with E-state index in [-0.39, 0.29) is 11.8 Å². The standard InChI is InChI=1S/C13H25NO/c1-9(2)11(4)13(15)14-12-7-5-10(3)6-8-12/h9-12H,5-8H2,1-4H3,(H,14,15). The summed E-state index contributed by atoms with van der Waals surface area (Å²) in [6.45, 7) is 8.53. The molecule has 1 rings (SSSR count). The first-order valence-electron chi connectivity index (χ1n) is 6.31. The molecule has 15 heavy (non-hydrogen) atoms. The second-order valence-electron chi connectivity index (χ2n) is 5.50. The molecule has 1 N–H and O–H groups in total. The first kappa shape index (κ1) is 12.5. The molecule has 0 spiro atoms. The fraction of sp³-hybridized carbons (Fsp3) is 0.923. The maximum absolute atomic E-state index is 11.8. The SMILES string of the molecule is CC1CCC(NC(=O)C(C)C(C)C)CC1. The molecule has 1 atom stereocenters. The van der Waals surface area contributed by atoms with Gasteiger partial charge in [-0.25, -0.2) is 0 Å². The molecule has 0 aliphatic heterocycles. The topological polar surface area (TPSA) is 29.1 Å². The molecule has 1 aliphatic carbocycles. The minimum absolute atomic E-state index is 0.143. The van der Waals surface area contributed by atoms with Crippen molar-refractivity contribution in [1.82, 2.24) is 5.32 Å². The van der Waals surface area contributed by atoms with Crippen molar-refractivity contribution in [1.29, 1.82) is 0 Å². The van der Waals surface area contributed by atoms with Gasteiger partial charge in [0, 0.05) is 12.0 Å². The average Bonchev–Trinajstić information content (AvgIpc) is 2.20. The smallest absolute Gasteiger partial charge is 0.223 e. The zero-order chi connectivity index (χ0) is 11.4. The fourth-order valence-corrected chi connectivity index (χ4v) is 2.04. The molecule has 0 heterocycles. The Morgan fingerprint density at radius 1 is 1.13 bits per heavy atom. The zero-order valence-corrected chi connectivity index (χ0v) is 10.5. The molecular formula is C13H25NO. The molecule has 1 amide bonds. The summed E-state index contributed by atoms with van der Waals surface area (Å²) in [5, 5.41) is 3.18. The van der Waals surface area contributed by atoms with Gasteiger partial charge >= 0.3 is 0 Å². The third-order valence-electron chi connectivity index (χ3n) is 3.78. The van der Waals surface area contributed by atoms with E-state index in [1.165, 1.54) is 12.8 Å². The number of nitrogens with one attached hydrogen (secondary N) is 1. The molecule has 0 radical (unpaired) electrons. The first-order chi connectivity index (χ1) is 7.00. The van der Waals surface area contributed by atoms with Gasteiger partial charge in [0.1, 0.15) is 0 Å². The summed E-state index contributed by atoms with van der Waals surface area (Å²) in [7, 11) is 0. The van der Waals surface area contributed by atoms with Crippen LogP contribution in [0.1, 0.15) is 53.4 Å². The van der Waals surface area contributed by atoms with Crippen LogP contribution >= 0.6 is 0 Å². The third-order valence-corrected chi connectivity index (χ3v) is 3.78. The monoisotopic (exact) mass is 211 g/mol. The number of hydrogen-bond acceptors (Lipinski definition) is 1. The Kier molecular flexibility index (Phi) is 4.62. The summed E-state index contributed by atoms with van der Waals surface area (Å²) in [5.41, 5.74) is 0. The van der Waals surface area contributed by atoms with Gasteiger partial charge in [0.2, 0.25) is 5.91 Å². The molecule has 0 saturated heterocycles. The normalized spacial score (nSPS) is 28.9. The van der Waals surface area contributed by atoms with Gasteiger partial charge < -0.3 is 5.32 Å². The summed E-state index contributed by atoms with van der Waals surface area (Å²) < 4.78 is 0. The lowest BCUT2D eigenvalue weighted by molar-refractivity contribution is -0.126. The van der Waals surface area contributed by atoms with Crippen molar-refractivity contribution >= 4 is 5.91 Å². The predicted molar refractivity (Wildman–Crippen MR) is 63.6 cm³/mol. The van der Waals surface area contributed by atoms with Gasteiger partial charge in [-0.3, -0.25) is 4.79 Å². The van der Waals surface area contributed by atoms with Crippen LogP contribution in [0.5, 0.6) is 0 Å². The van der Waals surface area contributed by atoms with E-state index in [1.54, 1.807) is 0 Å². The summed E-state index contributed by atoms with van der Waals surface area (Å²) in [5.74, 6) is 1.67. The van der Waals surface area contributed by atoms with Gasteiger partial charge in [0.15, 0.2) is 0 Å². The highest BCUT2D eigenvalue weighted by atomic mass is 16.1. The molecule has 2 nitrogen and oxygen atoms in total. The van der Waals surface area contributed by atoms with Crippen LogP contribution in [0, 0.1) is 17.8 Å². The Morgan fingerprint density at radius 3 is 2.13 bits per heavy atom. The highest BCUT2D eigenvalue weighted by Crippen LogP contribution is 2.23. The van der Waals surface area contributed by atoms with Crippen LogP contribution < -0.4 is 5.32 Å². The van der Waals surface area contributed by atoms with Crippen molar-refractivity contribution in [2.75, 3.05) is 0 Å². The second kappa shape index (κ2) is 5.53. The van der Waals surface area contributed by atoms with Crippen LogP contribution in [0.15, 0.2) is 0 Å². The molecule has 1 aliphatic rings. The Hall–Kier alpha value is -0.530. The summed E-state index contributed by atoms with van der Waals surface area (Å²) in [4.78, 5) is 11.8. The van der Waals surface area contributed by atoms with Gasteiger partial charge in [-0.2, -0.15) is 0 Å². The van der Waals surface area contributed by atoms with Crippen LogP contribution in [0.4, 0.5) is 0 Å². The fourth-order valence-electron chi connectivity index (χ4n) is 2.04. The van der Waals surface area contributed by atoms with E-state index in [2.05, 4.69) is 26.1 Å². The Bertz CT molecular complexity index is 205. The van der Waals surface area contributed by atoms with Crippen molar-refractivity contribution in [2.45, 2.75) is 59.4 Å².